The number of carbonyl (C=O) groups excluding carboxylic acids is 4. The fourth-order valence-electron chi connectivity index (χ4n) is 3.29. The van der Waals surface area contributed by atoms with Crippen molar-refractivity contribution in [3.8, 4) is 0 Å². The van der Waals surface area contributed by atoms with Crippen LogP contribution in [-0.4, -0.2) is 95.9 Å². The van der Waals surface area contributed by atoms with E-state index in [2.05, 4.69) is 25.9 Å². The molecule has 0 fully saturated rings. The number of hydrogen-bond acceptors (Lipinski definition) is 9. The van der Waals surface area contributed by atoms with Crippen molar-refractivity contribution in [1.29, 1.82) is 0 Å². The van der Waals surface area contributed by atoms with E-state index in [0.29, 0.717) is 18.6 Å². The summed E-state index contributed by atoms with van der Waals surface area (Å²) in [7, 11) is 0. The van der Waals surface area contributed by atoms with Gasteiger partial charge in [-0.3, -0.25) is 29.2 Å². The maximum Gasteiger partial charge on any atom is 0.326 e. The van der Waals surface area contributed by atoms with Gasteiger partial charge < -0.3 is 55.5 Å². The van der Waals surface area contributed by atoms with Crippen LogP contribution in [0, 0.1) is 0 Å². The van der Waals surface area contributed by atoms with Gasteiger partial charge >= 0.3 is 5.97 Å². The topological polar surface area (TPSA) is 323 Å². The number of carbonyl (C=O) groups is 5. The zero-order valence-corrected chi connectivity index (χ0v) is 23.5. The number of hydrogen-bond donors (Lipinski definition) is 10. The Labute approximate surface area is 237 Å². The fraction of sp³-hybridized carbons (Fsp3) is 0.682. The molecule has 0 saturated carbocycles. The minimum atomic E-state index is -1.43. The Kier molecular flexibility index (Phi) is 18.2. The minimum Gasteiger partial charge on any atom is -0.480 e. The number of carboxylic acid groups (broad SMARTS) is 1. The molecule has 0 aromatic heterocycles. The van der Waals surface area contributed by atoms with Crippen molar-refractivity contribution >= 4 is 53.3 Å². The fourth-order valence-corrected chi connectivity index (χ4v) is 3.78. The van der Waals surface area contributed by atoms with Gasteiger partial charge in [0.2, 0.25) is 23.6 Å². The predicted octanol–water partition coefficient (Wildman–Crippen LogP) is -4.02. The molecule has 17 nitrogen and oxygen atoms in total. The Balaban J connectivity index is 5.75. The standard InChI is InChI=1S/C22H43N11O6S/c1-40-11-8-12(23)17(35)31-13(4-2-9-29-21(25)26)18(36)32-14(5-3-10-30-22(27)28)19(37)33-15(20(38)39)6-7-16(24)34/h12-15H,2-11,23H2,1H3,(H2,24,34)(H,31,35)(H,32,36)(H,33,37)(H,38,39)(H4,25,26,29)(H4,27,28,30). The molecule has 4 amide bonds. The van der Waals surface area contributed by atoms with Crippen molar-refractivity contribution in [3.05, 3.63) is 0 Å². The van der Waals surface area contributed by atoms with Crippen LogP contribution in [0.25, 0.3) is 0 Å². The average Bonchev–Trinajstić information content (AvgIpc) is 2.87. The third kappa shape index (κ3) is 16.9. The number of nitrogens with zero attached hydrogens (tertiary/aromatic N) is 2. The summed E-state index contributed by atoms with van der Waals surface area (Å²) >= 11 is 1.51. The number of nitrogens with one attached hydrogen (secondary N) is 3. The molecule has 0 aromatic rings. The molecular formula is C22H43N11O6S. The number of thioether (sulfide) groups is 1. The summed E-state index contributed by atoms with van der Waals surface area (Å²) in [5.74, 6) is -3.87. The van der Waals surface area contributed by atoms with Gasteiger partial charge in [0.15, 0.2) is 11.9 Å². The van der Waals surface area contributed by atoms with Crippen LogP contribution in [-0.2, 0) is 24.0 Å². The lowest BCUT2D eigenvalue weighted by atomic mass is 10.1. The number of rotatable bonds is 21. The van der Waals surface area contributed by atoms with Gasteiger partial charge in [0.1, 0.15) is 18.1 Å². The molecular weight excluding hydrogens is 546 g/mol. The molecule has 18 heteroatoms. The molecule has 4 atom stereocenters. The second-order valence-electron chi connectivity index (χ2n) is 8.81. The van der Waals surface area contributed by atoms with Gasteiger partial charge in [-0.25, -0.2) is 4.79 Å². The van der Waals surface area contributed by atoms with E-state index >= 15 is 0 Å². The highest BCUT2D eigenvalue weighted by molar-refractivity contribution is 7.98. The summed E-state index contributed by atoms with van der Waals surface area (Å²) in [6.07, 6.45) is 2.42. The summed E-state index contributed by atoms with van der Waals surface area (Å²) in [6.45, 7) is 0.318. The van der Waals surface area contributed by atoms with Crippen LogP contribution >= 0.6 is 11.8 Å². The summed E-state index contributed by atoms with van der Waals surface area (Å²) in [5, 5.41) is 16.9. The molecule has 16 N–H and O–H groups in total. The van der Waals surface area contributed by atoms with Crippen LogP contribution in [0.4, 0.5) is 0 Å². The smallest absolute Gasteiger partial charge is 0.326 e. The van der Waals surface area contributed by atoms with Crippen LogP contribution in [0.3, 0.4) is 0 Å². The number of aliphatic imine (C=N–C) groups is 2. The number of aliphatic carboxylic acids is 1. The van der Waals surface area contributed by atoms with E-state index in [-0.39, 0.29) is 57.1 Å². The lowest BCUT2D eigenvalue weighted by Crippen LogP contribution is -2.57. The molecule has 0 bridgehead atoms. The first-order chi connectivity index (χ1) is 18.8. The average molecular weight is 590 g/mol. The highest BCUT2D eigenvalue weighted by Gasteiger charge is 2.30. The van der Waals surface area contributed by atoms with Crippen LogP contribution < -0.4 is 50.4 Å². The van der Waals surface area contributed by atoms with Crippen molar-refractivity contribution in [2.45, 2.75) is 69.1 Å². The van der Waals surface area contributed by atoms with Crippen LogP contribution in [0.1, 0.15) is 44.9 Å². The highest BCUT2D eigenvalue weighted by atomic mass is 32.2. The molecule has 0 aliphatic carbocycles. The molecule has 0 radical (unpaired) electrons. The Bertz CT molecular complexity index is 910. The zero-order valence-electron chi connectivity index (χ0n) is 22.6. The van der Waals surface area contributed by atoms with Gasteiger partial charge in [0.05, 0.1) is 6.04 Å². The van der Waals surface area contributed by atoms with Crippen molar-refractivity contribution in [2.24, 2.45) is 44.4 Å². The van der Waals surface area contributed by atoms with Crippen molar-refractivity contribution < 1.29 is 29.1 Å². The van der Waals surface area contributed by atoms with Crippen LogP contribution in [0.2, 0.25) is 0 Å². The van der Waals surface area contributed by atoms with E-state index < -0.39 is 53.8 Å². The Morgan fingerprint density at radius 3 is 1.57 bits per heavy atom. The van der Waals surface area contributed by atoms with Gasteiger partial charge in [-0.2, -0.15) is 11.8 Å². The quantitative estimate of drug-likeness (QED) is 0.0347. The SMILES string of the molecule is CSCCC(N)C(=O)NC(CCCN=C(N)N)C(=O)NC(CCCN=C(N)N)C(=O)NC(CCC(N)=O)C(=O)O. The van der Waals surface area contributed by atoms with Gasteiger partial charge in [0, 0.05) is 19.5 Å². The molecule has 0 saturated heterocycles. The maximum atomic E-state index is 13.3. The number of amides is 4. The maximum absolute atomic E-state index is 13.3. The van der Waals surface area contributed by atoms with E-state index in [9.17, 15) is 29.1 Å². The summed E-state index contributed by atoms with van der Waals surface area (Å²) in [4.78, 5) is 69.3. The largest absolute Gasteiger partial charge is 0.480 e. The number of carboxylic acids is 1. The Morgan fingerprint density at radius 2 is 1.18 bits per heavy atom. The Hall–Kier alpha value is -3.80. The highest BCUT2D eigenvalue weighted by Crippen LogP contribution is 2.07. The van der Waals surface area contributed by atoms with Crippen LogP contribution in [0.5, 0.6) is 0 Å². The number of guanidine groups is 2. The second kappa shape index (κ2) is 20.2. The predicted molar refractivity (Wildman–Crippen MR) is 153 cm³/mol. The first-order valence-corrected chi connectivity index (χ1v) is 13.9. The molecule has 228 valence electrons. The van der Waals surface area contributed by atoms with Crippen LogP contribution in [0.15, 0.2) is 9.98 Å². The van der Waals surface area contributed by atoms with Crippen molar-refractivity contribution in [3.63, 3.8) is 0 Å². The van der Waals surface area contributed by atoms with E-state index in [4.69, 9.17) is 34.4 Å². The Morgan fingerprint density at radius 1 is 0.725 bits per heavy atom. The third-order valence-electron chi connectivity index (χ3n) is 5.42. The third-order valence-corrected chi connectivity index (χ3v) is 6.06. The number of nitrogens with two attached hydrogens (primary N) is 6. The molecule has 0 aliphatic rings. The summed E-state index contributed by atoms with van der Waals surface area (Å²) in [5.41, 5.74) is 32.3. The normalized spacial score (nSPS) is 13.6. The lowest BCUT2D eigenvalue weighted by Gasteiger charge is -2.25. The van der Waals surface area contributed by atoms with E-state index in [1.807, 2.05) is 6.26 Å². The van der Waals surface area contributed by atoms with E-state index in [0.717, 1.165) is 0 Å². The van der Waals surface area contributed by atoms with Crippen molar-refractivity contribution in [1.82, 2.24) is 16.0 Å². The molecule has 0 heterocycles. The van der Waals surface area contributed by atoms with Crippen molar-refractivity contribution in [2.75, 3.05) is 25.1 Å². The summed E-state index contributed by atoms with van der Waals surface area (Å²) < 4.78 is 0. The van der Waals surface area contributed by atoms with Gasteiger partial charge in [-0.05, 0) is 50.5 Å². The molecule has 40 heavy (non-hydrogen) atoms. The minimum absolute atomic E-state index is 0.0262. The monoisotopic (exact) mass is 589 g/mol. The van der Waals surface area contributed by atoms with Gasteiger partial charge in [-0.1, -0.05) is 0 Å². The van der Waals surface area contributed by atoms with Gasteiger partial charge in [-0.15, -0.1) is 0 Å². The molecule has 0 aromatic carbocycles. The second-order valence-corrected chi connectivity index (χ2v) is 9.80. The van der Waals surface area contributed by atoms with E-state index in [1.165, 1.54) is 11.8 Å². The molecule has 0 aliphatic heterocycles. The first kappa shape index (κ1) is 36.2. The zero-order chi connectivity index (χ0) is 30.7. The lowest BCUT2D eigenvalue weighted by molar-refractivity contribution is -0.142. The molecule has 4 unspecified atom stereocenters. The molecule has 0 rings (SSSR count). The first-order valence-electron chi connectivity index (χ1n) is 12.6. The molecule has 0 spiro atoms. The number of primary amides is 1. The van der Waals surface area contributed by atoms with Gasteiger partial charge in [0.25, 0.3) is 0 Å². The van der Waals surface area contributed by atoms with E-state index in [1.54, 1.807) is 0 Å². The summed E-state index contributed by atoms with van der Waals surface area (Å²) in [6, 6.07) is -4.61.